The molecule has 2 aromatic heterocycles. The predicted molar refractivity (Wildman–Crippen MR) is 71.0 cm³/mol. The Labute approximate surface area is 106 Å². The van der Waals surface area contributed by atoms with Gasteiger partial charge in [0.25, 0.3) is 0 Å². The van der Waals surface area contributed by atoms with Crippen LogP contribution in [0.15, 0.2) is 18.6 Å². The number of nitrogens with zero attached hydrogens (tertiary/aromatic N) is 3. The number of rotatable bonds is 1. The third-order valence-electron chi connectivity index (χ3n) is 2.31. The van der Waals surface area contributed by atoms with E-state index in [0.29, 0.717) is 11.3 Å². The molecule has 0 radical (unpaired) electrons. The lowest BCUT2D eigenvalue weighted by atomic mass is 9.96. The van der Waals surface area contributed by atoms with Gasteiger partial charge in [-0.05, 0) is 26.2 Å². The van der Waals surface area contributed by atoms with E-state index in [4.69, 9.17) is 4.74 Å². The van der Waals surface area contributed by atoms with Crippen molar-refractivity contribution in [2.75, 3.05) is 5.32 Å². The Morgan fingerprint density at radius 3 is 2.89 bits per heavy atom. The number of carbonyl (C=O) groups is 1. The summed E-state index contributed by atoms with van der Waals surface area (Å²) in [6.07, 6.45) is 4.49. The molecule has 0 unspecified atom stereocenters. The van der Waals surface area contributed by atoms with Gasteiger partial charge in [-0.3, -0.25) is 5.32 Å². The van der Waals surface area contributed by atoms with Crippen molar-refractivity contribution in [1.29, 1.82) is 0 Å². The van der Waals surface area contributed by atoms with Crippen molar-refractivity contribution in [3.63, 3.8) is 0 Å². The van der Waals surface area contributed by atoms with E-state index < -0.39 is 11.7 Å². The van der Waals surface area contributed by atoms with Gasteiger partial charge in [-0.25, -0.2) is 14.3 Å². The minimum Gasteiger partial charge on any atom is -0.444 e. The van der Waals surface area contributed by atoms with Crippen molar-refractivity contribution in [2.45, 2.75) is 26.4 Å². The summed E-state index contributed by atoms with van der Waals surface area (Å²) in [6, 6.07) is 0. The molecule has 0 aliphatic carbocycles. The highest BCUT2D eigenvalue weighted by Gasteiger charge is 2.17. The number of amides is 1. The van der Waals surface area contributed by atoms with Gasteiger partial charge in [-0.2, -0.15) is 5.10 Å². The van der Waals surface area contributed by atoms with Gasteiger partial charge in [0.15, 0.2) is 0 Å². The minimum atomic E-state index is -0.525. The second-order valence-corrected chi connectivity index (χ2v) is 5.01. The molecule has 7 heteroatoms. The summed E-state index contributed by atoms with van der Waals surface area (Å²) in [6.45, 7) is 5.44. The molecule has 94 valence electrons. The van der Waals surface area contributed by atoms with Crippen LogP contribution in [0.5, 0.6) is 0 Å². The van der Waals surface area contributed by atoms with Crippen LogP contribution in [0.25, 0.3) is 5.65 Å². The number of ether oxygens (including phenoxy) is 1. The fraction of sp³-hybridized carbons (Fsp3) is 0.364. The van der Waals surface area contributed by atoms with Crippen LogP contribution in [0.2, 0.25) is 0 Å². The largest absolute Gasteiger partial charge is 0.444 e. The molecule has 0 aliphatic heterocycles. The molecule has 0 spiro atoms. The van der Waals surface area contributed by atoms with E-state index in [1.54, 1.807) is 23.1 Å². The highest BCUT2D eigenvalue weighted by molar-refractivity contribution is 6.40. The van der Waals surface area contributed by atoms with E-state index in [1.807, 2.05) is 28.6 Å². The fourth-order valence-corrected chi connectivity index (χ4v) is 1.54. The van der Waals surface area contributed by atoms with Crippen molar-refractivity contribution >= 4 is 30.7 Å². The first-order valence-corrected chi connectivity index (χ1v) is 5.66. The zero-order chi connectivity index (χ0) is 13.3. The van der Waals surface area contributed by atoms with E-state index in [0.717, 1.165) is 5.46 Å². The van der Waals surface area contributed by atoms with Gasteiger partial charge >= 0.3 is 6.09 Å². The summed E-state index contributed by atoms with van der Waals surface area (Å²) in [5.41, 5.74) is 1.63. The zero-order valence-electron chi connectivity index (χ0n) is 10.9. The summed E-state index contributed by atoms with van der Waals surface area (Å²) in [5, 5.41) is 6.81. The Balaban J connectivity index is 2.21. The van der Waals surface area contributed by atoms with E-state index in [2.05, 4.69) is 15.4 Å². The zero-order valence-corrected chi connectivity index (χ0v) is 10.9. The number of hydrogen-bond acceptors (Lipinski definition) is 4. The molecule has 0 bridgehead atoms. The number of anilines is 1. The van der Waals surface area contributed by atoms with Gasteiger partial charge in [-0.15, -0.1) is 0 Å². The van der Waals surface area contributed by atoms with Crippen molar-refractivity contribution in [1.82, 2.24) is 14.6 Å². The fourth-order valence-electron chi connectivity index (χ4n) is 1.54. The maximum atomic E-state index is 11.7. The van der Waals surface area contributed by atoms with E-state index in [-0.39, 0.29) is 0 Å². The predicted octanol–water partition coefficient (Wildman–Crippen LogP) is 0.335. The number of imidazole rings is 1. The molecule has 0 atom stereocenters. The first-order chi connectivity index (χ1) is 8.37. The quantitative estimate of drug-likeness (QED) is 0.736. The minimum absolute atomic E-state index is 0.497. The van der Waals surface area contributed by atoms with Crippen molar-refractivity contribution in [3.8, 4) is 0 Å². The second kappa shape index (κ2) is 4.32. The van der Waals surface area contributed by atoms with Gasteiger partial charge in [-0.1, -0.05) is 0 Å². The topological polar surface area (TPSA) is 68.5 Å². The van der Waals surface area contributed by atoms with Gasteiger partial charge in [0, 0.05) is 12.4 Å². The summed E-state index contributed by atoms with van der Waals surface area (Å²) < 4.78 is 6.83. The molecule has 0 aromatic carbocycles. The molecular formula is C11H15BN4O2. The number of hydrogen-bond donors (Lipinski definition) is 1. The SMILES string of the molecule is Bc1c(NC(=O)OC(C)(C)C)cnn2ccnc12. The monoisotopic (exact) mass is 246 g/mol. The number of fused-ring (bicyclic) bond motifs is 1. The summed E-state index contributed by atoms with van der Waals surface area (Å²) in [4.78, 5) is 15.8. The highest BCUT2D eigenvalue weighted by Crippen LogP contribution is 2.10. The van der Waals surface area contributed by atoms with Crippen LogP contribution in [0.4, 0.5) is 10.5 Å². The van der Waals surface area contributed by atoms with E-state index in [1.165, 1.54) is 0 Å². The molecule has 0 saturated heterocycles. The Morgan fingerprint density at radius 1 is 1.50 bits per heavy atom. The van der Waals surface area contributed by atoms with Crippen molar-refractivity contribution in [3.05, 3.63) is 18.6 Å². The molecule has 0 fully saturated rings. The standard InChI is InChI=1S/C11H15BN4O2/c1-11(2,3)18-10(17)15-7-6-14-16-5-4-13-9(16)8(7)12/h4-6H,12H2,1-3H3,(H,15,17). The molecular weight excluding hydrogens is 231 g/mol. The third kappa shape index (κ3) is 2.61. The van der Waals surface area contributed by atoms with Crippen molar-refractivity contribution < 1.29 is 9.53 Å². The molecule has 0 saturated carbocycles. The van der Waals surface area contributed by atoms with Crippen LogP contribution in [0.3, 0.4) is 0 Å². The third-order valence-corrected chi connectivity index (χ3v) is 2.31. The first kappa shape index (κ1) is 12.4. The smallest absolute Gasteiger partial charge is 0.412 e. The number of carbonyl (C=O) groups excluding carboxylic acids is 1. The van der Waals surface area contributed by atoms with Gasteiger partial charge < -0.3 is 4.74 Å². The van der Waals surface area contributed by atoms with Crippen LogP contribution in [0.1, 0.15) is 20.8 Å². The molecule has 0 aliphatic rings. The van der Waals surface area contributed by atoms with Gasteiger partial charge in [0.05, 0.1) is 11.9 Å². The van der Waals surface area contributed by atoms with Crippen LogP contribution in [0, 0.1) is 0 Å². The molecule has 2 aromatic rings. The second-order valence-electron chi connectivity index (χ2n) is 5.01. The maximum absolute atomic E-state index is 11.7. The van der Waals surface area contributed by atoms with Crippen molar-refractivity contribution in [2.24, 2.45) is 0 Å². The molecule has 2 heterocycles. The highest BCUT2D eigenvalue weighted by atomic mass is 16.6. The Kier molecular flexibility index (Phi) is 2.98. The Hall–Kier alpha value is -2.05. The maximum Gasteiger partial charge on any atom is 0.412 e. The molecule has 1 amide bonds. The summed E-state index contributed by atoms with van der Waals surface area (Å²) in [5.74, 6) is 0. The average Bonchev–Trinajstić information content (AvgIpc) is 2.68. The van der Waals surface area contributed by atoms with Gasteiger partial charge in [0.2, 0.25) is 0 Å². The van der Waals surface area contributed by atoms with E-state index in [9.17, 15) is 4.79 Å². The Bertz CT molecular complexity index is 588. The van der Waals surface area contributed by atoms with Crippen LogP contribution in [-0.4, -0.2) is 34.1 Å². The van der Waals surface area contributed by atoms with Crippen LogP contribution < -0.4 is 10.8 Å². The van der Waals surface area contributed by atoms with Gasteiger partial charge in [0.1, 0.15) is 19.1 Å². The lowest BCUT2D eigenvalue weighted by molar-refractivity contribution is 0.0636. The van der Waals surface area contributed by atoms with Crippen LogP contribution >= 0.6 is 0 Å². The lowest BCUT2D eigenvalue weighted by Crippen LogP contribution is -2.29. The Morgan fingerprint density at radius 2 is 2.22 bits per heavy atom. The number of nitrogens with one attached hydrogen (secondary N) is 1. The van der Waals surface area contributed by atoms with E-state index >= 15 is 0 Å². The first-order valence-electron chi connectivity index (χ1n) is 5.66. The molecule has 18 heavy (non-hydrogen) atoms. The molecule has 2 rings (SSSR count). The summed E-state index contributed by atoms with van der Waals surface area (Å²) in [7, 11) is 1.87. The average molecular weight is 246 g/mol. The normalized spacial score (nSPS) is 11.5. The molecule has 6 nitrogen and oxygen atoms in total. The lowest BCUT2D eigenvalue weighted by Gasteiger charge is -2.20. The summed E-state index contributed by atoms with van der Waals surface area (Å²) >= 11 is 0. The molecule has 1 N–H and O–H groups in total. The van der Waals surface area contributed by atoms with Crippen LogP contribution in [-0.2, 0) is 4.74 Å². The number of aromatic nitrogens is 3.